The number of aryl methyl sites for hydroxylation is 1. The molecule has 8 heteroatoms. The molecule has 0 fully saturated rings. The van der Waals surface area contributed by atoms with Crippen molar-refractivity contribution in [3.05, 3.63) is 47.6 Å². The second-order valence-corrected chi connectivity index (χ2v) is 6.37. The van der Waals surface area contributed by atoms with Crippen molar-refractivity contribution in [2.75, 3.05) is 26.0 Å². The van der Waals surface area contributed by atoms with Gasteiger partial charge in [0, 0.05) is 29.8 Å². The van der Waals surface area contributed by atoms with E-state index in [1.54, 1.807) is 16.8 Å². The number of aromatic nitrogens is 2. The summed E-state index contributed by atoms with van der Waals surface area (Å²) in [6.45, 7) is 3.65. The Hall–Kier alpha value is -2.87. The minimum atomic E-state index is -0.381. The van der Waals surface area contributed by atoms with Gasteiger partial charge in [-0.2, -0.15) is 5.10 Å². The fourth-order valence-corrected chi connectivity index (χ4v) is 2.59. The maximum absolute atomic E-state index is 13.4. The molecule has 3 rings (SSSR count). The van der Waals surface area contributed by atoms with Gasteiger partial charge in [-0.25, -0.2) is 9.18 Å². The summed E-state index contributed by atoms with van der Waals surface area (Å²) in [7, 11) is 3.98. The van der Waals surface area contributed by atoms with Crippen LogP contribution in [-0.2, 0) is 13.1 Å². The lowest BCUT2D eigenvalue weighted by atomic mass is 10.1. The number of nitrogens with one attached hydrogen (secondary N) is 2. The molecule has 26 heavy (non-hydrogen) atoms. The van der Waals surface area contributed by atoms with E-state index in [-0.39, 0.29) is 18.4 Å². The molecule has 0 radical (unpaired) electrons. The van der Waals surface area contributed by atoms with Crippen LogP contribution in [0.5, 0.6) is 0 Å². The van der Waals surface area contributed by atoms with Gasteiger partial charge in [-0.05, 0) is 39.2 Å². The third-order valence-electron chi connectivity index (χ3n) is 4.07. The first kappa shape index (κ1) is 17.9. The van der Waals surface area contributed by atoms with Crippen LogP contribution in [0.1, 0.15) is 11.3 Å². The summed E-state index contributed by atoms with van der Waals surface area (Å²) < 4.78 is 20.8. The van der Waals surface area contributed by atoms with E-state index in [0.717, 1.165) is 18.7 Å². The van der Waals surface area contributed by atoms with Crippen LogP contribution in [0.4, 0.5) is 15.0 Å². The molecule has 0 spiro atoms. The summed E-state index contributed by atoms with van der Waals surface area (Å²) in [5, 5.41) is 10.4. The summed E-state index contributed by atoms with van der Waals surface area (Å²) in [6, 6.07) is 5.72. The van der Waals surface area contributed by atoms with E-state index in [1.807, 2.05) is 27.2 Å². The zero-order valence-electron chi connectivity index (χ0n) is 15.0. The zero-order chi connectivity index (χ0) is 18.7. The minimum absolute atomic E-state index is 0.204. The first-order valence-corrected chi connectivity index (χ1v) is 8.33. The molecular formula is C18H22FN5O2. The standard InChI is InChI=1S/C18H22FN5O2/c1-12-14-10-13(19)4-5-15(14)26-16(12)11-20-18(25)21-17-6-7-24(22-17)9-8-23(2)3/h4-7,10H,8-9,11H2,1-3H3,(H2,20,21,22,25). The van der Waals surface area contributed by atoms with Crippen LogP contribution in [0.2, 0.25) is 0 Å². The molecule has 0 unspecified atom stereocenters. The van der Waals surface area contributed by atoms with E-state index in [2.05, 4.69) is 20.6 Å². The molecule has 0 atom stereocenters. The van der Waals surface area contributed by atoms with E-state index < -0.39 is 0 Å². The van der Waals surface area contributed by atoms with Crippen molar-refractivity contribution in [3.8, 4) is 0 Å². The normalized spacial score (nSPS) is 11.3. The minimum Gasteiger partial charge on any atom is -0.459 e. The SMILES string of the molecule is Cc1c(CNC(=O)Nc2ccn(CCN(C)C)n2)oc2ccc(F)cc12. The largest absolute Gasteiger partial charge is 0.459 e. The van der Waals surface area contributed by atoms with Gasteiger partial charge in [-0.3, -0.25) is 10.00 Å². The number of carbonyl (C=O) groups is 1. The van der Waals surface area contributed by atoms with Gasteiger partial charge in [0.2, 0.25) is 0 Å². The second-order valence-electron chi connectivity index (χ2n) is 6.37. The number of furan rings is 1. The topological polar surface area (TPSA) is 75.3 Å². The Bertz CT molecular complexity index is 916. The molecular weight excluding hydrogens is 337 g/mol. The third-order valence-corrected chi connectivity index (χ3v) is 4.07. The monoisotopic (exact) mass is 359 g/mol. The number of hydrogen-bond donors (Lipinski definition) is 2. The number of nitrogens with zero attached hydrogens (tertiary/aromatic N) is 3. The van der Waals surface area contributed by atoms with E-state index in [9.17, 15) is 9.18 Å². The molecule has 7 nitrogen and oxygen atoms in total. The number of rotatable bonds is 6. The molecule has 0 aliphatic rings. The summed E-state index contributed by atoms with van der Waals surface area (Å²) in [5.74, 6) is 0.755. The van der Waals surface area contributed by atoms with E-state index in [0.29, 0.717) is 22.5 Å². The van der Waals surface area contributed by atoms with Crippen LogP contribution in [0.15, 0.2) is 34.9 Å². The lowest BCUT2D eigenvalue weighted by Crippen LogP contribution is -2.28. The highest BCUT2D eigenvalue weighted by molar-refractivity contribution is 5.88. The lowest BCUT2D eigenvalue weighted by Gasteiger charge is -2.08. The Morgan fingerprint density at radius 1 is 1.35 bits per heavy atom. The first-order chi connectivity index (χ1) is 12.4. The summed E-state index contributed by atoms with van der Waals surface area (Å²) in [4.78, 5) is 14.1. The number of fused-ring (bicyclic) bond motifs is 1. The van der Waals surface area contributed by atoms with Crippen molar-refractivity contribution >= 4 is 22.8 Å². The van der Waals surface area contributed by atoms with Crippen molar-refractivity contribution in [3.63, 3.8) is 0 Å². The Kier molecular flexibility index (Phi) is 5.22. The van der Waals surface area contributed by atoms with Gasteiger partial charge >= 0.3 is 6.03 Å². The number of benzene rings is 1. The first-order valence-electron chi connectivity index (χ1n) is 8.33. The van der Waals surface area contributed by atoms with Gasteiger partial charge in [0.1, 0.15) is 17.2 Å². The average Bonchev–Trinajstić information content (AvgIpc) is 3.16. The highest BCUT2D eigenvalue weighted by Gasteiger charge is 2.12. The van der Waals surface area contributed by atoms with Crippen LogP contribution >= 0.6 is 0 Å². The number of likely N-dealkylation sites (N-methyl/N-ethyl adjacent to an activating group) is 1. The average molecular weight is 359 g/mol. The highest BCUT2D eigenvalue weighted by atomic mass is 19.1. The molecule has 3 aromatic rings. The van der Waals surface area contributed by atoms with E-state index in [4.69, 9.17) is 4.42 Å². The molecule has 0 aliphatic carbocycles. The third kappa shape index (κ3) is 4.20. The molecule has 0 bridgehead atoms. The van der Waals surface area contributed by atoms with Crippen molar-refractivity contribution in [1.82, 2.24) is 20.0 Å². The number of carbonyl (C=O) groups excluding carboxylic acids is 1. The molecule has 0 saturated carbocycles. The van der Waals surface area contributed by atoms with Crippen LogP contribution in [-0.4, -0.2) is 41.4 Å². The maximum atomic E-state index is 13.4. The predicted octanol–water partition coefficient (Wildman–Crippen LogP) is 2.96. The molecule has 2 aromatic heterocycles. The van der Waals surface area contributed by atoms with Crippen LogP contribution in [0.3, 0.4) is 0 Å². The molecule has 0 aliphatic heterocycles. The van der Waals surface area contributed by atoms with E-state index >= 15 is 0 Å². The molecule has 1 aromatic carbocycles. The Morgan fingerprint density at radius 3 is 2.92 bits per heavy atom. The van der Waals surface area contributed by atoms with Crippen molar-refractivity contribution < 1.29 is 13.6 Å². The second kappa shape index (κ2) is 7.57. The fraction of sp³-hybridized carbons (Fsp3) is 0.333. The Labute approximate surface area is 150 Å². The number of amides is 2. The van der Waals surface area contributed by atoms with Gasteiger partial charge in [0.05, 0.1) is 13.1 Å². The van der Waals surface area contributed by atoms with Crippen LogP contribution < -0.4 is 10.6 Å². The molecule has 2 N–H and O–H groups in total. The fourth-order valence-electron chi connectivity index (χ4n) is 2.59. The van der Waals surface area contributed by atoms with Gasteiger partial charge < -0.3 is 14.6 Å². The quantitative estimate of drug-likeness (QED) is 0.710. The van der Waals surface area contributed by atoms with Crippen molar-refractivity contribution in [2.45, 2.75) is 20.0 Å². The van der Waals surface area contributed by atoms with Crippen molar-refractivity contribution in [1.29, 1.82) is 0 Å². The van der Waals surface area contributed by atoms with Crippen LogP contribution in [0, 0.1) is 12.7 Å². The zero-order valence-corrected chi connectivity index (χ0v) is 15.0. The highest BCUT2D eigenvalue weighted by Crippen LogP contribution is 2.25. The molecule has 2 heterocycles. The van der Waals surface area contributed by atoms with Gasteiger partial charge in [-0.1, -0.05) is 0 Å². The Morgan fingerprint density at radius 2 is 2.15 bits per heavy atom. The Balaban J connectivity index is 1.57. The van der Waals surface area contributed by atoms with Crippen molar-refractivity contribution in [2.24, 2.45) is 0 Å². The molecule has 138 valence electrons. The number of hydrogen-bond acceptors (Lipinski definition) is 4. The van der Waals surface area contributed by atoms with Crippen LogP contribution in [0.25, 0.3) is 11.0 Å². The summed E-state index contributed by atoms with van der Waals surface area (Å²) in [5.41, 5.74) is 1.41. The maximum Gasteiger partial charge on any atom is 0.320 e. The number of anilines is 1. The van der Waals surface area contributed by atoms with Gasteiger partial charge in [-0.15, -0.1) is 0 Å². The number of urea groups is 1. The van der Waals surface area contributed by atoms with E-state index in [1.165, 1.54) is 12.1 Å². The molecule has 2 amide bonds. The van der Waals surface area contributed by atoms with Gasteiger partial charge in [0.15, 0.2) is 5.82 Å². The smallest absolute Gasteiger partial charge is 0.320 e. The summed E-state index contributed by atoms with van der Waals surface area (Å²) in [6.07, 6.45) is 1.82. The summed E-state index contributed by atoms with van der Waals surface area (Å²) >= 11 is 0. The van der Waals surface area contributed by atoms with Gasteiger partial charge in [0.25, 0.3) is 0 Å². The number of halogens is 1. The predicted molar refractivity (Wildman–Crippen MR) is 97.5 cm³/mol. The lowest BCUT2D eigenvalue weighted by molar-refractivity contribution is 0.251. The molecule has 0 saturated heterocycles.